The highest BCUT2D eigenvalue weighted by molar-refractivity contribution is 5.96. The molecule has 1 atom stereocenters. The van der Waals surface area contributed by atoms with E-state index in [9.17, 15) is 4.79 Å². The molecule has 0 fully saturated rings. The second kappa shape index (κ2) is 5.95. The Labute approximate surface area is 124 Å². The number of nitrogens with zero attached hydrogens (tertiary/aromatic N) is 1. The number of fused-ring (bicyclic) bond motifs is 1. The van der Waals surface area contributed by atoms with Gasteiger partial charge in [0.05, 0.1) is 13.0 Å². The molecule has 4 heteroatoms. The van der Waals surface area contributed by atoms with Gasteiger partial charge in [0.2, 0.25) is 5.91 Å². The molecule has 2 aromatic rings. The maximum absolute atomic E-state index is 12.6. The lowest BCUT2D eigenvalue weighted by Crippen LogP contribution is -2.25. The molecule has 1 aliphatic rings. The molecule has 4 nitrogen and oxygen atoms in total. The van der Waals surface area contributed by atoms with Gasteiger partial charge in [-0.1, -0.05) is 24.3 Å². The Kier molecular flexibility index (Phi) is 3.86. The van der Waals surface area contributed by atoms with Gasteiger partial charge in [0.25, 0.3) is 0 Å². The lowest BCUT2D eigenvalue weighted by Gasteiger charge is -2.24. The highest BCUT2D eigenvalue weighted by atomic mass is 16.5. The quantitative estimate of drug-likeness (QED) is 0.941. The Bertz CT molecular complexity index is 655. The first-order chi connectivity index (χ1) is 10.3. The van der Waals surface area contributed by atoms with Gasteiger partial charge in [0.15, 0.2) is 11.6 Å². The van der Waals surface area contributed by atoms with Crippen LogP contribution in [-0.2, 0) is 11.2 Å². The lowest BCUT2D eigenvalue weighted by atomic mass is 9.82. The smallest absolute Gasteiger partial charge is 0.233 e. The number of methoxy groups -OCH3 is 1. The number of carbonyl (C=O) groups excluding carboxylic acids is 1. The zero-order chi connectivity index (χ0) is 14.7. The average molecular weight is 282 g/mol. The molecule has 108 valence electrons. The Balaban J connectivity index is 1.84. The second-order valence-corrected chi connectivity index (χ2v) is 5.19. The molecule has 0 radical (unpaired) electrons. The van der Waals surface area contributed by atoms with Crippen LogP contribution in [-0.4, -0.2) is 18.0 Å². The highest BCUT2D eigenvalue weighted by Gasteiger charge is 2.26. The molecule has 3 rings (SSSR count). The summed E-state index contributed by atoms with van der Waals surface area (Å²) in [5.74, 6) is 0.934. The standard InChI is InChI=1S/C17H18N2O2/c1-21-15-10-5-11-18-16(15)19-17(20)14-9-4-7-12-6-2-3-8-13(12)14/h2-3,5-6,8,10-11,14H,4,7,9H2,1H3,(H,18,19,20)/t14-/m0/s1. The van der Waals surface area contributed by atoms with Crippen LogP contribution >= 0.6 is 0 Å². The van der Waals surface area contributed by atoms with Crippen LogP contribution in [0.4, 0.5) is 5.82 Å². The van der Waals surface area contributed by atoms with E-state index in [-0.39, 0.29) is 11.8 Å². The monoisotopic (exact) mass is 282 g/mol. The van der Waals surface area contributed by atoms with E-state index < -0.39 is 0 Å². The van der Waals surface area contributed by atoms with Crippen molar-refractivity contribution in [3.05, 3.63) is 53.7 Å². The Morgan fingerprint density at radius 3 is 3.00 bits per heavy atom. The number of hydrogen-bond donors (Lipinski definition) is 1. The van der Waals surface area contributed by atoms with Crippen LogP contribution in [0.25, 0.3) is 0 Å². The first kappa shape index (κ1) is 13.6. The molecule has 0 bridgehead atoms. The fourth-order valence-electron chi connectivity index (χ4n) is 2.88. The van der Waals surface area contributed by atoms with Crippen LogP contribution in [0.3, 0.4) is 0 Å². The molecular weight excluding hydrogens is 264 g/mol. The molecule has 0 saturated heterocycles. The number of aryl methyl sites for hydroxylation is 1. The van der Waals surface area contributed by atoms with Gasteiger partial charge in [-0.3, -0.25) is 4.79 Å². The zero-order valence-electron chi connectivity index (χ0n) is 12.0. The van der Waals surface area contributed by atoms with Crippen LogP contribution in [0.1, 0.15) is 29.9 Å². The summed E-state index contributed by atoms with van der Waals surface area (Å²) in [4.78, 5) is 16.8. The SMILES string of the molecule is COc1cccnc1NC(=O)[C@H]1CCCc2ccccc21. The van der Waals surface area contributed by atoms with Crippen LogP contribution in [0.5, 0.6) is 5.75 Å². The molecule has 21 heavy (non-hydrogen) atoms. The van der Waals surface area contributed by atoms with Crippen LogP contribution < -0.4 is 10.1 Å². The Morgan fingerprint density at radius 2 is 2.14 bits per heavy atom. The highest BCUT2D eigenvalue weighted by Crippen LogP contribution is 2.33. The molecule has 0 unspecified atom stereocenters. The van der Waals surface area contributed by atoms with Gasteiger partial charge in [0, 0.05) is 6.20 Å². The van der Waals surface area contributed by atoms with Crippen molar-refractivity contribution >= 4 is 11.7 Å². The summed E-state index contributed by atoms with van der Waals surface area (Å²) < 4.78 is 5.23. The van der Waals surface area contributed by atoms with Gasteiger partial charge in [0.1, 0.15) is 0 Å². The first-order valence-electron chi connectivity index (χ1n) is 7.17. The molecule has 1 aromatic heterocycles. The van der Waals surface area contributed by atoms with E-state index >= 15 is 0 Å². The molecular formula is C17H18N2O2. The van der Waals surface area contributed by atoms with Crippen molar-refractivity contribution in [3.8, 4) is 5.75 Å². The minimum Gasteiger partial charge on any atom is -0.493 e. The molecule has 1 N–H and O–H groups in total. The van der Waals surface area contributed by atoms with Crippen molar-refractivity contribution in [2.24, 2.45) is 0 Å². The number of amides is 1. The average Bonchev–Trinajstić information content (AvgIpc) is 2.54. The maximum Gasteiger partial charge on any atom is 0.233 e. The predicted molar refractivity (Wildman–Crippen MR) is 81.5 cm³/mol. The molecule has 1 aliphatic carbocycles. The minimum absolute atomic E-state index is 0.0147. The number of ether oxygens (including phenoxy) is 1. The number of benzene rings is 1. The van der Waals surface area contributed by atoms with Gasteiger partial charge in [-0.25, -0.2) is 4.98 Å². The first-order valence-corrected chi connectivity index (χ1v) is 7.17. The number of rotatable bonds is 3. The van der Waals surface area contributed by atoms with Crippen molar-refractivity contribution in [2.75, 3.05) is 12.4 Å². The van der Waals surface area contributed by atoms with E-state index in [0.29, 0.717) is 11.6 Å². The number of anilines is 1. The third-order valence-corrected chi connectivity index (χ3v) is 3.92. The Hall–Kier alpha value is -2.36. The third kappa shape index (κ3) is 2.75. The predicted octanol–water partition coefficient (Wildman–Crippen LogP) is 3.15. The molecule has 0 spiro atoms. The molecule has 0 aliphatic heterocycles. The zero-order valence-corrected chi connectivity index (χ0v) is 12.0. The summed E-state index contributed by atoms with van der Waals surface area (Å²) in [7, 11) is 1.57. The van der Waals surface area contributed by atoms with Gasteiger partial charge in [-0.05, 0) is 42.5 Å². The van der Waals surface area contributed by atoms with Crippen molar-refractivity contribution in [1.82, 2.24) is 4.98 Å². The maximum atomic E-state index is 12.6. The second-order valence-electron chi connectivity index (χ2n) is 5.19. The molecule has 1 aromatic carbocycles. The largest absolute Gasteiger partial charge is 0.493 e. The van der Waals surface area contributed by atoms with Crippen LogP contribution in [0, 0.1) is 0 Å². The fraction of sp³-hybridized carbons (Fsp3) is 0.294. The number of aromatic nitrogens is 1. The van der Waals surface area contributed by atoms with E-state index in [4.69, 9.17) is 4.74 Å². The minimum atomic E-state index is -0.110. The van der Waals surface area contributed by atoms with Crippen molar-refractivity contribution in [3.63, 3.8) is 0 Å². The summed E-state index contributed by atoms with van der Waals surface area (Å²) in [6.07, 6.45) is 4.60. The summed E-state index contributed by atoms with van der Waals surface area (Å²) in [5, 5.41) is 2.90. The Morgan fingerprint density at radius 1 is 1.29 bits per heavy atom. The van der Waals surface area contributed by atoms with E-state index in [1.807, 2.05) is 18.2 Å². The van der Waals surface area contributed by atoms with E-state index in [1.54, 1.807) is 25.4 Å². The number of hydrogen-bond acceptors (Lipinski definition) is 3. The molecule has 0 saturated carbocycles. The van der Waals surface area contributed by atoms with Crippen molar-refractivity contribution in [1.29, 1.82) is 0 Å². The lowest BCUT2D eigenvalue weighted by molar-refractivity contribution is -0.117. The van der Waals surface area contributed by atoms with Crippen LogP contribution in [0.15, 0.2) is 42.6 Å². The summed E-state index contributed by atoms with van der Waals surface area (Å²) in [6.45, 7) is 0. The number of carbonyl (C=O) groups is 1. The van der Waals surface area contributed by atoms with E-state index in [2.05, 4.69) is 16.4 Å². The molecule has 1 heterocycles. The van der Waals surface area contributed by atoms with Crippen LogP contribution in [0.2, 0.25) is 0 Å². The fourth-order valence-corrected chi connectivity index (χ4v) is 2.88. The number of pyridine rings is 1. The van der Waals surface area contributed by atoms with Crippen molar-refractivity contribution in [2.45, 2.75) is 25.2 Å². The van der Waals surface area contributed by atoms with Gasteiger partial charge >= 0.3 is 0 Å². The summed E-state index contributed by atoms with van der Waals surface area (Å²) in [6, 6.07) is 11.7. The van der Waals surface area contributed by atoms with Gasteiger partial charge < -0.3 is 10.1 Å². The third-order valence-electron chi connectivity index (χ3n) is 3.92. The summed E-state index contributed by atoms with van der Waals surface area (Å²) >= 11 is 0. The number of nitrogens with one attached hydrogen (secondary N) is 1. The van der Waals surface area contributed by atoms with E-state index in [0.717, 1.165) is 24.8 Å². The molecule has 1 amide bonds. The van der Waals surface area contributed by atoms with Crippen molar-refractivity contribution < 1.29 is 9.53 Å². The van der Waals surface area contributed by atoms with E-state index in [1.165, 1.54) is 5.56 Å². The summed E-state index contributed by atoms with van der Waals surface area (Å²) in [5.41, 5.74) is 2.41. The topological polar surface area (TPSA) is 51.2 Å². The van der Waals surface area contributed by atoms with Gasteiger partial charge in [-0.15, -0.1) is 0 Å². The van der Waals surface area contributed by atoms with Gasteiger partial charge in [-0.2, -0.15) is 0 Å². The normalized spacial score (nSPS) is 16.9.